The van der Waals surface area contributed by atoms with E-state index < -0.39 is 0 Å². The number of carbonyl (C=O) groups is 1. The predicted octanol–water partition coefficient (Wildman–Crippen LogP) is 2.94. The molecule has 1 aliphatic heterocycles. The first-order valence-electron chi connectivity index (χ1n) is 10.4. The number of likely N-dealkylation sites (tertiary alicyclic amines) is 1. The van der Waals surface area contributed by atoms with Crippen LogP contribution in [0.1, 0.15) is 42.5 Å². The molecule has 0 radical (unpaired) electrons. The van der Waals surface area contributed by atoms with Crippen molar-refractivity contribution in [3.8, 4) is 0 Å². The van der Waals surface area contributed by atoms with E-state index in [0.29, 0.717) is 6.54 Å². The van der Waals surface area contributed by atoms with Crippen LogP contribution in [0.2, 0.25) is 0 Å². The summed E-state index contributed by atoms with van der Waals surface area (Å²) in [5.41, 5.74) is 1.41. The summed E-state index contributed by atoms with van der Waals surface area (Å²) >= 11 is 1.83. The molecule has 28 heavy (non-hydrogen) atoms. The number of fused-ring (bicyclic) bond motifs is 3. The predicted molar refractivity (Wildman–Crippen MR) is 115 cm³/mol. The lowest BCUT2D eigenvalue weighted by Gasteiger charge is -2.29. The lowest BCUT2D eigenvalue weighted by Crippen LogP contribution is -2.35. The number of aryl methyl sites for hydroxylation is 2. The molecule has 152 valence electrons. The van der Waals surface area contributed by atoms with Gasteiger partial charge >= 0.3 is 0 Å². The molecule has 2 aliphatic rings. The van der Waals surface area contributed by atoms with Crippen LogP contribution in [0.4, 0.5) is 5.82 Å². The zero-order valence-electron chi connectivity index (χ0n) is 17.5. The standard InChI is InChI=1S/C21H31N5OS/c1-14-8-10-26(11-9-14)12-17-22-20(25(4)13-18(27)24(2)3)19-15-6-5-7-16(15)28-21(19)23-17/h14H,5-13H2,1-4H3. The maximum Gasteiger partial charge on any atom is 0.241 e. The molecular weight excluding hydrogens is 370 g/mol. The first-order chi connectivity index (χ1) is 13.4. The van der Waals surface area contributed by atoms with Crippen molar-refractivity contribution in [1.29, 1.82) is 0 Å². The highest BCUT2D eigenvalue weighted by atomic mass is 32.1. The van der Waals surface area contributed by atoms with Crippen LogP contribution < -0.4 is 4.90 Å². The number of amides is 1. The van der Waals surface area contributed by atoms with Gasteiger partial charge in [-0.1, -0.05) is 6.92 Å². The first-order valence-corrected chi connectivity index (χ1v) is 11.2. The number of likely N-dealkylation sites (N-methyl/N-ethyl adjacent to an activating group) is 2. The number of aromatic nitrogens is 2. The minimum atomic E-state index is 0.0905. The van der Waals surface area contributed by atoms with Crippen molar-refractivity contribution in [2.75, 3.05) is 45.7 Å². The highest BCUT2D eigenvalue weighted by Crippen LogP contribution is 2.40. The van der Waals surface area contributed by atoms with Crippen molar-refractivity contribution >= 4 is 33.3 Å². The average Bonchev–Trinajstić information content (AvgIpc) is 3.23. The van der Waals surface area contributed by atoms with Crippen LogP contribution in [-0.4, -0.2) is 66.5 Å². The van der Waals surface area contributed by atoms with Gasteiger partial charge in [-0.05, 0) is 56.7 Å². The summed E-state index contributed by atoms with van der Waals surface area (Å²) < 4.78 is 0. The number of piperidine rings is 1. The molecule has 7 heteroatoms. The van der Waals surface area contributed by atoms with Crippen molar-refractivity contribution < 1.29 is 4.79 Å². The zero-order valence-corrected chi connectivity index (χ0v) is 18.3. The fourth-order valence-corrected chi connectivity index (χ4v) is 5.48. The van der Waals surface area contributed by atoms with Gasteiger partial charge in [-0.2, -0.15) is 0 Å². The van der Waals surface area contributed by atoms with Gasteiger partial charge in [0.05, 0.1) is 18.5 Å². The fraction of sp³-hybridized carbons (Fsp3) is 0.667. The monoisotopic (exact) mass is 401 g/mol. The van der Waals surface area contributed by atoms with Gasteiger partial charge in [0.1, 0.15) is 16.5 Å². The summed E-state index contributed by atoms with van der Waals surface area (Å²) in [6, 6.07) is 0. The molecule has 0 bridgehead atoms. The number of carbonyl (C=O) groups excluding carboxylic acids is 1. The molecule has 0 spiro atoms. The average molecular weight is 402 g/mol. The Bertz CT molecular complexity index is 869. The Morgan fingerprint density at radius 3 is 2.64 bits per heavy atom. The SMILES string of the molecule is CC1CCN(Cc2nc(N(C)CC(=O)N(C)C)c3c4c(sc3n2)CCC4)CC1. The fourth-order valence-electron chi connectivity index (χ4n) is 4.21. The molecule has 1 amide bonds. The van der Waals surface area contributed by atoms with E-state index in [4.69, 9.17) is 9.97 Å². The van der Waals surface area contributed by atoms with Crippen molar-refractivity contribution in [1.82, 2.24) is 19.8 Å². The van der Waals surface area contributed by atoms with Crippen molar-refractivity contribution in [3.05, 3.63) is 16.3 Å². The normalized spacial score (nSPS) is 17.9. The minimum Gasteiger partial charge on any atom is -0.350 e. The van der Waals surface area contributed by atoms with Gasteiger partial charge in [-0.25, -0.2) is 9.97 Å². The van der Waals surface area contributed by atoms with Gasteiger partial charge in [-0.3, -0.25) is 9.69 Å². The highest BCUT2D eigenvalue weighted by Gasteiger charge is 2.25. The van der Waals surface area contributed by atoms with Crippen LogP contribution in [-0.2, 0) is 24.2 Å². The topological polar surface area (TPSA) is 52.6 Å². The molecule has 4 rings (SSSR count). The van der Waals surface area contributed by atoms with E-state index >= 15 is 0 Å². The Morgan fingerprint density at radius 2 is 1.93 bits per heavy atom. The summed E-state index contributed by atoms with van der Waals surface area (Å²) in [6.07, 6.45) is 5.96. The van der Waals surface area contributed by atoms with E-state index in [9.17, 15) is 4.79 Å². The number of thiophene rings is 1. The van der Waals surface area contributed by atoms with Gasteiger partial charge in [0, 0.05) is 26.0 Å². The van der Waals surface area contributed by atoms with E-state index in [-0.39, 0.29) is 5.91 Å². The summed E-state index contributed by atoms with van der Waals surface area (Å²) in [5, 5.41) is 1.18. The van der Waals surface area contributed by atoms with Crippen molar-refractivity contribution in [3.63, 3.8) is 0 Å². The lowest BCUT2D eigenvalue weighted by molar-refractivity contribution is -0.127. The van der Waals surface area contributed by atoms with Crippen LogP contribution in [0.3, 0.4) is 0 Å². The molecular formula is C21H31N5OS. The molecule has 0 aromatic carbocycles. The Kier molecular flexibility index (Phi) is 5.56. The second kappa shape index (κ2) is 7.95. The number of hydrogen-bond donors (Lipinski definition) is 0. The van der Waals surface area contributed by atoms with Gasteiger partial charge in [0.15, 0.2) is 0 Å². The lowest BCUT2D eigenvalue weighted by atomic mass is 9.99. The van der Waals surface area contributed by atoms with Crippen molar-refractivity contribution in [2.45, 2.75) is 45.6 Å². The second-order valence-corrected chi connectivity index (χ2v) is 9.69. The number of nitrogens with zero attached hydrogens (tertiary/aromatic N) is 5. The minimum absolute atomic E-state index is 0.0905. The number of hydrogen-bond acceptors (Lipinski definition) is 6. The van der Waals surface area contributed by atoms with E-state index in [0.717, 1.165) is 54.9 Å². The maximum absolute atomic E-state index is 12.3. The molecule has 3 heterocycles. The Morgan fingerprint density at radius 1 is 1.18 bits per heavy atom. The molecule has 2 aromatic rings. The summed E-state index contributed by atoms with van der Waals surface area (Å²) in [5.74, 6) is 2.73. The number of anilines is 1. The van der Waals surface area contributed by atoms with Crippen LogP contribution in [0.5, 0.6) is 0 Å². The maximum atomic E-state index is 12.3. The molecule has 0 unspecified atom stereocenters. The van der Waals surface area contributed by atoms with E-state index in [1.165, 1.54) is 35.1 Å². The van der Waals surface area contributed by atoms with Gasteiger partial charge in [0.2, 0.25) is 5.91 Å². The van der Waals surface area contributed by atoms with E-state index in [1.807, 2.05) is 23.3 Å². The third-order valence-electron chi connectivity index (χ3n) is 6.07. The Hall–Kier alpha value is -1.73. The summed E-state index contributed by atoms with van der Waals surface area (Å²) in [6.45, 7) is 5.71. The smallest absolute Gasteiger partial charge is 0.241 e. The molecule has 0 atom stereocenters. The number of rotatable bonds is 5. The van der Waals surface area contributed by atoms with Gasteiger partial charge in [0.25, 0.3) is 0 Å². The van der Waals surface area contributed by atoms with Crippen LogP contribution >= 0.6 is 11.3 Å². The summed E-state index contributed by atoms with van der Waals surface area (Å²) in [7, 11) is 5.59. The molecule has 0 saturated carbocycles. The van der Waals surface area contributed by atoms with Crippen LogP contribution in [0.15, 0.2) is 0 Å². The Labute approximate surface area is 171 Å². The quantitative estimate of drug-likeness (QED) is 0.771. The van der Waals surface area contributed by atoms with Crippen molar-refractivity contribution in [2.24, 2.45) is 5.92 Å². The largest absolute Gasteiger partial charge is 0.350 e. The van der Waals surface area contributed by atoms with E-state index in [1.54, 1.807) is 19.0 Å². The second-order valence-electron chi connectivity index (χ2n) is 8.60. The molecule has 1 aliphatic carbocycles. The molecule has 1 saturated heterocycles. The summed E-state index contributed by atoms with van der Waals surface area (Å²) in [4.78, 5) is 30.9. The first kappa shape index (κ1) is 19.6. The third-order valence-corrected chi connectivity index (χ3v) is 7.25. The third kappa shape index (κ3) is 3.87. The Balaban J connectivity index is 1.67. The molecule has 2 aromatic heterocycles. The molecule has 6 nitrogen and oxygen atoms in total. The van der Waals surface area contributed by atoms with Gasteiger partial charge in [-0.15, -0.1) is 11.3 Å². The van der Waals surface area contributed by atoms with E-state index in [2.05, 4.69) is 11.8 Å². The molecule has 1 fully saturated rings. The van der Waals surface area contributed by atoms with Crippen LogP contribution in [0.25, 0.3) is 10.2 Å². The van der Waals surface area contributed by atoms with Gasteiger partial charge < -0.3 is 9.80 Å². The highest BCUT2D eigenvalue weighted by molar-refractivity contribution is 7.19. The van der Waals surface area contributed by atoms with Crippen LogP contribution in [0, 0.1) is 5.92 Å². The zero-order chi connectivity index (χ0) is 19.8. The molecule has 0 N–H and O–H groups in total.